The molecule has 0 heterocycles. The Morgan fingerprint density at radius 2 is 1.93 bits per heavy atom. The van der Waals surface area contributed by atoms with Crippen LogP contribution >= 0.6 is 11.6 Å². The van der Waals surface area contributed by atoms with Gasteiger partial charge in [0.25, 0.3) is 0 Å². The fourth-order valence-corrected chi connectivity index (χ4v) is 0.966. The van der Waals surface area contributed by atoms with Crippen LogP contribution in [0.15, 0.2) is 24.3 Å². The SMILES string of the molecule is CN(C)OC(=O)Nc1ccc(Cl)cc1. The Bertz CT molecular complexity index is 311. The number of halogens is 1. The first-order valence-corrected chi connectivity index (χ1v) is 4.37. The summed E-state index contributed by atoms with van der Waals surface area (Å²) in [6, 6.07) is 6.76. The van der Waals surface area contributed by atoms with E-state index >= 15 is 0 Å². The van der Waals surface area contributed by atoms with Crippen LogP contribution in [0.25, 0.3) is 0 Å². The number of benzene rings is 1. The number of amides is 1. The number of hydroxylamine groups is 2. The first-order chi connectivity index (χ1) is 6.58. The Labute approximate surface area is 87.4 Å². The van der Waals surface area contributed by atoms with Gasteiger partial charge in [0.2, 0.25) is 0 Å². The average molecular weight is 215 g/mol. The van der Waals surface area contributed by atoms with E-state index in [2.05, 4.69) is 5.32 Å². The highest BCUT2D eigenvalue weighted by Crippen LogP contribution is 2.13. The summed E-state index contributed by atoms with van der Waals surface area (Å²) in [5, 5.41) is 4.47. The molecule has 1 aromatic rings. The van der Waals surface area contributed by atoms with Gasteiger partial charge >= 0.3 is 6.09 Å². The summed E-state index contributed by atoms with van der Waals surface area (Å²) in [6.45, 7) is 0. The standard InChI is InChI=1S/C9H11ClN2O2/c1-12(2)14-9(13)11-8-5-3-7(10)4-6-8/h3-6H,1-2H3,(H,11,13). The Balaban J connectivity index is 2.52. The van der Waals surface area contributed by atoms with Crippen molar-refractivity contribution in [1.82, 2.24) is 5.06 Å². The molecule has 14 heavy (non-hydrogen) atoms. The number of rotatable bonds is 2. The number of anilines is 1. The summed E-state index contributed by atoms with van der Waals surface area (Å²) >= 11 is 5.68. The van der Waals surface area contributed by atoms with E-state index in [1.54, 1.807) is 38.4 Å². The van der Waals surface area contributed by atoms with Gasteiger partial charge in [-0.1, -0.05) is 11.6 Å². The Kier molecular flexibility index (Phi) is 3.73. The zero-order valence-electron chi connectivity index (χ0n) is 7.95. The van der Waals surface area contributed by atoms with Gasteiger partial charge in [0.15, 0.2) is 0 Å². The van der Waals surface area contributed by atoms with Crippen LogP contribution in [-0.2, 0) is 4.84 Å². The molecule has 0 radical (unpaired) electrons. The molecule has 0 unspecified atom stereocenters. The van der Waals surface area contributed by atoms with Gasteiger partial charge in [0, 0.05) is 24.8 Å². The van der Waals surface area contributed by atoms with Crippen molar-refractivity contribution < 1.29 is 9.63 Å². The molecule has 1 aromatic carbocycles. The molecular formula is C9H11ClN2O2. The van der Waals surface area contributed by atoms with Crippen LogP contribution in [0.2, 0.25) is 5.02 Å². The van der Waals surface area contributed by atoms with Crippen molar-refractivity contribution in [3.63, 3.8) is 0 Å². The normalized spacial score (nSPS) is 10.0. The molecule has 0 fully saturated rings. The van der Waals surface area contributed by atoms with E-state index in [0.717, 1.165) is 0 Å². The number of nitrogens with zero attached hydrogens (tertiary/aromatic N) is 1. The van der Waals surface area contributed by atoms with E-state index < -0.39 is 6.09 Å². The van der Waals surface area contributed by atoms with E-state index in [9.17, 15) is 4.79 Å². The maximum absolute atomic E-state index is 11.1. The Hall–Kier alpha value is -1.26. The van der Waals surface area contributed by atoms with Crippen molar-refractivity contribution >= 4 is 23.4 Å². The highest BCUT2D eigenvalue weighted by molar-refractivity contribution is 6.30. The quantitative estimate of drug-likeness (QED) is 0.769. The van der Waals surface area contributed by atoms with Gasteiger partial charge in [-0.15, -0.1) is 5.06 Å². The van der Waals surface area contributed by atoms with Crippen molar-refractivity contribution in [1.29, 1.82) is 0 Å². The van der Waals surface area contributed by atoms with E-state index in [0.29, 0.717) is 10.7 Å². The van der Waals surface area contributed by atoms with E-state index in [-0.39, 0.29) is 0 Å². The first kappa shape index (κ1) is 10.8. The van der Waals surface area contributed by atoms with E-state index in [4.69, 9.17) is 16.4 Å². The van der Waals surface area contributed by atoms with Gasteiger partial charge in [-0.3, -0.25) is 5.32 Å². The monoisotopic (exact) mass is 214 g/mol. The second-order valence-corrected chi connectivity index (χ2v) is 3.26. The third-order valence-corrected chi connectivity index (χ3v) is 1.61. The molecule has 5 heteroatoms. The molecule has 0 saturated heterocycles. The molecule has 1 rings (SSSR count). The largest absolute Gasteiger partial charge is 0.430 e. The summed E-state index contributed by atoms with van der Waals surface area (Å²) < 4.78 is 0. The second kappa shape index (κ2) is 4.83. The first-order valence-electron chi connectivity index (χ1n) is 4.00. The van der Waals surface area contributed by atoms with E-state index in [1.807, 2.05) is 0 Å². The van der Waals surface area contributed by atoms with Crippen LogP contribution in [0, 0.1) is 0 Å². The zero-order chi connectivity index (χ0) is 10.6. The fourth-order valence-electron chi connectivity index (χ4n) is 0.840. The molecule has 0 atom stereocenters. The predicted molar refractivity (Wildman–Crippen MR) is 55.2 cm³/mol. The van der Waals surface area contributed by atoms with Crippen molar-refractivity contribution in [2.75, 3.05) is 19.4 Å². The summed E-state index contributed by atoms with van der Waals surface area (Å²) in [5.74, 6) is 0. The summed E-state index contributed by atoms with van der Waals surface area (Å²) in [5.41, 5.74) is 0.640. The molecule has 0 aromatic heterocycles. The van der Waals surface area contributed by atoms with Gasteiger partial charge in [0.1, 0.15) is 0 Å². The van der Waals surface area contributed by atoms with Gasteiger partial charge in [-0.2, -0.15) is 0 Å². The minimum Gasteiger partial charge on any atom is -0.351 e. The predicted octanol–water partition coefficient (Wildman–Crippen LogP) is 2.37. The smallest absolute Gasteiger partial charge is 0.351 e. The molecule has 1 amide bonds. The third kappa shape index (κ3) is 3.64. The minimum absolute atomic E-state index is 0.530. The number of hydrogen-bond donors (Lipinski definition) is 1. The van der Waals surface area contributed by atoms with Gasteiger partial charge in [-0.05, 0) is 24.3 Å². The lowest BCUT2D eigenvalue weighted by Gasteiger charge is -2.10. The van der Waals surface area contributed by atoms with Crippen LogP contribution < -0.4 is 5.32 Å². The van der Waals surface area contributed by atoms with Gasteiger partial charge in [-0.25, -0.2) is 4.79 Å². The summed E-state index contributed by atoms with van der Waals surface area (Å²) in [7, 11) is 3.25. The molecule has 0 aliphatic heterocycles. The third-order valence-electron chi connectivity index (χ3n) is 1.36. The zero-order valence-corrected chi connectivity index (χ0v) is 8.71. The average Bonchev–Trinajstić information content (AvgIpc) is 2.07. The fraction of sp³-hybridized carbons (Fsp3) is 0.222. The molecular weight excluding hydrogens is 204 g/mol. The topological polar surface area (TPSA) is 41.6 Å². The van der Waals surface area contributed by atoms with Gasteiger partial charge in [0.05, 0.1) is 0 Å². The van der Waals surface area contributed by atoms with Crippen LogP contribution in [-0.4, -0.2) is 25.3 Å². The second-order valence-electron chi connectivity index (χ2n) is 2.82. The number of carbonyl (C=O) groups excluding carboxylic acids is 1. The summed E-state index contributed by atoms with van der Waals surface area (Å²) in [4.78, 5) is 15.8. The molecule has 0 aliphatic rings. The molecule has 4 nitrogen and oxygen atoms in total. The molecule has 0 aliphatic carbocycles. The molecule has 0 spiro atoms. The Morgan fingerprint density at radius 1 is 1.36 bits per heavy atom. The van der Waals surface area contributed by atoms with Crippen LogP contribution in [0.5, 0.6) is 0 Å². The Morgan fingerprint density at radius 3 is 2.43 bits per heavy atom. The maximum atomic E-state index is 11.1. The molecule has 1 N–H and O–H groups in total. The van der Waals surface area contributed by atoms with Crippen molar-refractivity contribution in [2.45, 2.75) is 0 Å². The maximum Gasteiger partial charge on any atom is 0.430 e. The van der Waals surface area contributed by atoms with E-state index in [1.165, 1.54) is 5.06 Å². The van der Waals surface area contributed by atoms with Crippen molar-refractivity contribution in [2.24, 2.45) is 0 Å². The number of nitrogens with one attached hydrogen (secondary N) is 1. The highest BCUT2D eigenvalue weighted by atomic mass is 35.5. The molecule has 0 bridgehead atoms. The van der Waals surface area contributed by atoms with Crippen LogP contribution in [0.3, 0.4) is 0 Å². The van der Waals surface area contributed by atoms with Gasteiger partial charge < -0.3 is 4.84 Å². The lowest BCUT2D eigenvalue weighted by molar-refractivity contribution is -0.0474. The number of carbonyl (C=O) groups is 1. The van der Waals surface area contributed by atoms with Crippen molar-refractivity contribution in [3.8, 4) is 0 Å². The molecule has 0 saturated carbocycles. The molecule has 76 valence electrons. The lowest BCUT2D eigenvalue weighted by atomic mass is 10.3. The highest BCUT2D eigenvalue weighted by Gasteiger charge is 2.03. The number of hydrogen-bond acceptors (Lipinski definition) is 3. The summed E-state index contributed by atoms with van der Waals surface area (Å²) in [6.07, 6.45) is -0.530. The van der Waals surface area contributed by atoms with Crippen LogP contribution in [0.4, 0.5) is 10.5 Å². The van der Waals surface area contributed by atoms with Crippen LogP contribution in [0.1, 0.15) is 0 Å². The van der Waals surface area contributed by atoms with Crippen molar-refractivity contribution in [3.05, 3.63) is 29.3 Å². The lowest BCUT2D eigenvalue weighted by Crippen LogP contribution is -2.22. The minimum atomic E-state index is -0.530.